The van der Waals surface area contributed by atoms with Gasteiger partial charge in [-0.15, -0.1) is 11.8 Å². The third-order valence-electron chi connectivity index (χ3n) is 2.21. The van der Waals surface area contributed by atoms with Crippen LogP contribution in [0.15, 0.2) is 52.0 Å². The molecule has 0 unspecified atom stereocenters. The van der Waals surface area contributed by atoms with Crippen LogP contribution in [-0.4, -0.2) is 4.98 Å². The molecule has 2 nitrogen and oxygen atoms in total. The van der Waals surface area contributed by atoms with Crippen LogP contribution in [0.2, 0.25) is 0 Å². The Labute approximate surface area is 113 Å². The third-order valence-corrected chi connectivity index (χ3v) is 3.79. The van der Waals surface area contributed by atoms with Crippen LogP contribution >= 0.6 is 27.7 Å². The number of nitrogens with zero attached hydrogens (tertiary/aromatic N) is 2. The number of nitriles is 1. The molecule has 1 heterocycles. The van der Waals surface area contributed by atoms with Crippen molar-refractivity contribution in [2.75, 3.05) is 0 Å². The van der Waals surface area contributed by atoms with E-state index in [0.717, 1.165) is 15.8 Å². The normalized spacial score (nSPS) is 9.88. The molecule has 0 aliphatic carbocycles. The number of thioether (sulfide) groups is 1. The van der Waals surface area contributed by atoms with Gasteiger partial charge in [-0.3, -0.25) is 0 Å². The predicted octanol–water partition coefficient (Wildman–Crippen LogP) is 4.01. The summed E-state index contributed by atoms with van der Waals surface area (Å²) in [4.78, 5) is 5.22. The summed E-state index contributed by atoms with van der Waals surface area (Å²) in [7, 11) is 0. The fourth-order valence-corrected chi connectivity index (χ4v) is 2.50. The summed E-state index contributed by atoms with van der Waals surface area (Å²) < 4.78 is 1.07. The van der Waals surface area contributed by atoms with Crippen molar-refractivity contribution in [3.8, 4) is 6.07 Å². The second-order valence-corrected chi connectivity index (χ2v) is 5.33. The fourth-order valence-electron chi connectivity index (χ4n) is 1.35. The van der Waals surface area contributed by atoms with E-state index in [1.807, 2.05) is 24.3 Å². The summed E-state index contributed by atoms with van der Waals surface area (Å²) in [5.74, 6) is 0.762. The van der Waals surface area contributed by atoms with Crippen LogP contribution in [0, 0.1) is 11.3 Å². The highest BCUT2D eigenvalue weighted by Gasteiger charge is 2.03. The lowest BCUT2D eigenvalue weighted by atomic mass is 10.2. The smallest absolute Gasteiger partial charge is 0.144 e. The molecule has 0 saturated heterocycles. The van der Waals surface area contributed by atoms with Crippen molar-refractivity contribution in [1.29, 1.82) is 5.26 Å². The molecule has 1 aromatic carbocycles. The van der Waals surface area contributed by atoms with Crippen LogP contribution < -0.4 is 0 Å². The first-order valence-electron chi connectivity index (χ1n) is 5.02. The van der Waals surface area contributed by atoms with Gasteiger partial charge >= 0.3 is 0 Å². The zero-order valence-electron chi connectivity index (χ0n) is 8.93. The van der Waals surface area contributed by atoms with Gasteiger partial charge in [0.1, 0.15) is 11.8 Å². The molecular weight excluding hydrogens is 296 g/mol. The monoisotopic (exact) mass is 304 g/mol. The predicted molar refractivity (Wildman–Crippen MR) is 72.7 cm³/mol. The van der Waals surface area contributed by atoms with Crippen molar-refractivity contribution in [2.24, 2.45) is 0 Å². The van der Waals surface area contributed by atoms with Crippen LogP contribution in [0.1, 0.15) is 11.3 Å². The van der Waals surface area contributed by atoms with E-state index >= 15 is 0 Å². The van der Waals surface area contributed by atoms with Gasteiger partial charge in [0.25, 0.3) is 0 Å². The lowest BCUT2D eigenvalue weighted by Gasteiger charge is -2.03. The Morgan fingerprint density at radius 3 is 2.71 bits per heavy atom. The molecule has 0 bridgehead atoms. The molecule has 0 atom stereocenters. The van der Waals surface area contributed by atoms with Crippen molar-refractivity contribution < 1.29 is 0 Å². The van der Waals surface area contributed by atoms with Crippen molar-refractivity contribution in [2.45, 2.75) is 10.6 Å². The number of hydrogen-bond donors (Lipinski definition) is 0. The van der Waals surface area contributed by atoms with Gasteiger partial charge in [0, 0.05) is 21.3 Å². The Morgan fingerprint density at radius 1 is 1.24 bits per heavy atom. The third kappa shape index (κ3) is 3.32. The average Bonchev–Trinajstić information content (AvgIpc) is 2.38. The van der Waals surface area contributed by atoms with Gasteiger partial charge in [-0.25, -0.2) is 4.98 Å². The van der Waals surface area contributed by atoms with E-state index in [4.69, 9.17) is 5.26 Å². The Hall–Kier alpha value is -1.31. The summed E-state index contributed by atoms with van der Waals surface area (Å²) in [5, 5.41) is 8.92. The molecular formula is C13H9BrN2S. The number of hydrogen-bond acceptors (Lipinski definition) is 3. The minimum absolute atomic E-state index is 0.511. The summed E-state index contributed by atoms with van der Waals surface area (Å²) in [6.07, 6.45) is 1.65. The van der Waals surface area contributed by atoms with E-state index in [1.165, 1.54) is 4.90 Å². The van der Waals surface area contributed by atoms with Crippen molar-refractivity contribution in [1.82, 2.24) is 4.98 Å². The number of benzene rings is 1. The Kier molecular flexibility index (Phi) is 4.18. The minimum Gasteiger partial charge on any atom is -0.245 e. The maximum absolute atomic E-state index is 8.92. The second-order valence-electron chi connectivity index (χ2n) is 3.37. The maximum Gasteiger partial charge on any atom is 0.144 e. The first kappa shape index (κ1) is 12.2. The van der Waals surface area contributed by atoms with Crippen molar-refractivity contribution in [3.05, 3.63) is 58.3 Å². The van der Waals surface area contributed by atoms with Gasteiger partial charge in [-0.2, -0.15) is 5.26 Å². The largest absolute Gasteiger partial charge is 0.245 e. The Balaban J connectivity index is 2.08. The quantitative estimate of drug-likeness (QED) is 0.804. The van der Waals surface area contributed by atoms with Gasteiger partial charge in [-0.1, -0.05) is 22.0 Å². The standard InChI is InChI=1S/C13H9BrN2S/c14-11-3-5-12(6-4-11)17-9-10-2-1-7-16-13(10)8-15/h1-7H,9H2. The molecule has 0 spiro atoms. The zero-order chi connectivity index (χ0) is 12.1. The summed E-state index contributed by atoms with van der Waals surface area (Å²) in [6, 6.07) is 14.0. The maximum atomic E-state index is 8.92. The highest BCUT2D eigenvalue weighted by atomic mass is 79.9. The van der Waals surface area contributed by atoms with E-state index in [1.54, 1.807) is 18.0 Å². The van der Waals surface area contributed by atoms with Crippen LogP contribution in [0.3, 0.4) is 0 Å². The van der Waals surface area contributed by atoms with Gasteiger partial charge in [-0.05, 0) is 35.9 Å². The zero-order valence-corrected chi connectivity index (χ0v) is 11.3. The molecule has 0 aliphatic rings. The molecule has 17 heavy (non-hydrogen) atoms. The SMILES string of the molecule is N#Cc1ncccc1CSc1ccc(Br)cc1. The first-order valence-corrected chi connectivity index (χ1v) is 6.80. The topological polar surface area (TPSA) is 36.7 Å². The lowest BCUT2D eigenvalue weighted by Crippen LogP contribution is -1.90. The summed E-state index contributed by atoms with van der Waals surface area (Å²) in [5.41, 5.74) is 1.49. The van der Waals surface area contributed by atoms with E-state index in [2.05, 4.69) is 39.1 Å². The summed E-state index contributed by atoms with van der Waals surface area (Å²) >= 11 is 5.10. The van der Waals surface area contributed by atoms with Gasteiger partial charge in [0.2, 0.25) is 0 Å². The van der Waals surface area contributed by atoms with E-state index < -0.39 is 0 Å². The summed E-state index contributed by atoms with van der Waals surface area (Å²) in [6.45, 7) is 0. The second kappa shape index (κ2) is 5.85. The number of rotatable bonds is 3. The highest BCUT2D eigenvalue weighted by Crippen LogP contribution is 2.24. The van der Waals surface area contributed by atoms with Gasteiger partial charge in [0.15, 0.2) is 0 Å². The molecule has 2 aromatic rings. The Bertz CT molecular complexity index is 546. The molecule has 1 aromatic heterocycles. The number of halogens is 1. The van der Waals surface area contributed by atoms with E-state index in [0.29, 0.717) is 5.69 Å². The molecule has 4 heteroatoms. The van der Waals surface area contributed by atoms with E-state index in [9.17, 15) is 0 Å². The highest BCUT2D eigenvalue weighted by molar-refractivity contribution is 9.10. The van der Waals surface area contributed by atoms with Gasteiger partial charge < -0.3 is 0 Å². The van der Waals surface area contributed by atoms with Crippen molar-refractivity contribution in [3.63, 3.8) is 0 Å². The van der Waals surface area contributed by atoms with E-state index in [-0.39, 0.29) is 0 Å². The fraction of sp³-hybridized carbons (Fsp3) is 0.0769. The average molecular weight is 305 g/mol. The van der Waals surface area contributed by atoms with Crippen LogP contribution in [0.5, 0.6) is 0 Å². The van der Waals surface area contributed by atoms with Gasteiger partial charge in [0.05, 0.1) is 0 Å². The number of pyridine rings is 1. The van der Waals surface area contributed by atoms with Crippen LogP contribution in [0.25, 0.3) is 0 Å². The molecule has 0 saturated carbocycles. The molecule has 0 fully saturated rings. The molecule has 0 N–H and O–H groups in total. The molecule has 0 amide bonds. The number of aromatic nitrogens is 1. The van der Waals surface area contributed by atoms with Crippen LogP contribution in [-0.2, 0) is 5.75 Å². The molecule has 2 rings (SSSR count). The van der Waals surface area contributed by atoms with Crippen LogP contribution in [0.4, 0.5) is 0 Å². The van der Waals surface area contributed by atoms with Crippen molar-refractivity contribution >= 4 is 27.7 Å². The molecule has 0 radical (unpaired) electrons. The Morgan fingerprint density at radius 2 is 2.00 bits per heavy atom. The minimum atomic E-state index is 0.511. The lowest BCUT2D eigenvalue weighted by molar-refractivity contribution is 1.19. The molecule has 0 aliphatic heterocycles. The molecule has 84 valence electrons. The first-order chi connectivity index (χ1) is 8.29.